The molecule has 1 aliphatic heterocycles. The molecule has 158 valence electrons. The van der Waals surface area contributed by atoms with Crippen molar-refractivity contribution in [1.29, 1.82) is 0 Å². The smallest absolute Gasteiger partial charge is 0.218 e. The number of aromatic nitrogens is 4. The Bertz CT molecular complexity index is 1140. The fourth-order valence-corrected chi connectivity index (χ4v) is 4.94. The standard InChI is InChI=1S/C19H20F2N6O2S/c1-14-22-2-3-27(14)19-11-18(23-13-24-19)25-4-6-26(7-5-25)30(28,29)12-15-8-16(20)10-17(21)9-15/h2-3,8-11,13H,4-7,12H2,1H3. The van der Waals surface area contributed by atoms with Crippen LogP contribution < -0.4 is 4.90 Å². The maximum absolute atomic E-state index is 13.4. The molecule has 0 amide bonds. The van der Waals surface area contributed by atoms with Crippen molar-refractivity contribution in [3.05, 3.63) is 66.0 Å². The SMILES string of the molecule is Cc1nccn1-c1cc(N2CCN(S(=O)(=O)Cc3cc(F)cc(F)c3)CC2)ncn1. The third-order valence-electron chi connectivity index (χ3n) is 4.94. The summed E-state index contributed by atoms with van der Waals surface area (Å²) in [4.78, 5) is 14.7. The first-order valence-corrected chi connectivity index (χ1v) is 10.9. The molecule has 0 unspecified atom stereocenters. The summed E-state index contributed by atoms with van der Waals surface area (Å²) in [6.07, 6.45) is 4.96. The molecule has 4 rings (SSSR count). The minimum atomic E-state index is -3.70. The highest BCUT2D eigenvalue weighted by atomic mass is 32.2. The van der Waals surface area contributed by atoms with Crippen molar-refractivity contribution in [2.75, 3.05) is 31.1 Å². The predicted molar refractivity (Wildman–Crippen MR) is 107 cm³/mol. The van der Waals surface area contributed by atoms with Gasteiger partial charge in [0.2, 0.25) is 10.0 Å². The average molecular weight is 434 g/mol. The molecule has 0 spiro atoms. The van der Waals surface area contributed by atoms with E-state index in [1.807, 2.05) is 22.5 Å². The Morgan fingerprint density at radius 2 is 1.60 bits per heavy atom. The van der Waals surface area contributed by atoms with Crippen LogP contribution in [0.4, 0.5) is 14.6 Å². The van der Waals surface area contributed by atoms with Gasteiger partial charge < -0.3 is 4.90 Å². The molecule has 0 bridgehead atoms. The van der Waals surface area contributed by atoms with E-state index in [0.29, 0.717) is 24.7 Å². The van der Waals surface area contributed by atoms with Crippen molar-refractivity contribution in [3.8, 4) is 5.82 Å². The number of piperazine rings is 1. The van der Waals surface area contributed by atoms with Gasteiger partial charge in [0.25, 0.3) is 0 Å². The Morgan fingerprint density at radius 1 is 0.933 bits per heavy atom. The zero-order valence-corrected chi connectivity index (χ0v) is 17.1. The maximum Gasteiger partial charge on any atom is 0.218 e. The Hall–Kier alpha value is -2.92. The van der Waals surface area contributed by atoms with Crippen LogP contribution in [0.1, 0.15) is 11.4 Å². The zero-order valence-electron chi connectivity index (χ0n) is 16.2. The Morgan fingerprint density at radius 3 is 2.23 bits per heavy atom. The van der Waals surface area contributed by atoms with Gasteiger partial charge in [-0.05, 0) is 24.6 Å². The van der Waals surface area contributed by atoms with Gasteiger partial charge in [-0.3, -0.25) is 4.57 Å². The van der Waals surface area contributed by atoms with Crippen LogP contribution in [-0.4, -0.2) is 58.4 Å². The lowest BCUT2D eigenvalue weighted by Gasteiger charge is -2.34. The molecule has 0 radical (unpaired) electrons. The molecular weight excluding hydrogens is 414 g/mol. The van der Waals surface area contributed by atoms with E-state index in [4.69, 9.17) is 0 Å². The lowest BCUT2D eigenvalue weighted by molar-refractivity contribution is 0.383. The molecule has 0 aliphatic carbocycles. The number of rotatable bonds is 5. The van der Waals surface area contributed by atoms with Gasteiger partial charge in [0, 0.05) is 50.7 Å². The summed E-state index contributed by atoms with van der Waals surface area (Å²) < 4.78 is 55.3. The van der Waals surface area contributed by atoms with Crippen LogP contribution in [0.5, 0.6) is 0 Å². The number of halogens is 2. The Kier molecular flexibility index (Phi) is 5.48. The van der Waals surface area contributed by atoms with Gasteiger partial charge in [0.15, 0.2) is 0 Å². The Balaban J connectivity index is 1.44. The van der Waals surface area contributed by atoms with Crippen molar-refractivity contribution in [2.45, 2.75) is 12.7 Å². The highest BCUT2D eigenvalue weighted by Crippen LogP contribution is 2.20. The van der Waals surface area contributed by atoms with Crippen LogP contribution in [0.15, 0.2) is 43.0 Å². The first-order valence-electron chi connectivity index (χ1n) is 9.32. The molecule has 2 aromatic heterocycles. The average Bonchev–Trinajstić information content (AvgIpc) is 3.13. The summed E-state index contributed by atoms with van der Waals surface area (Å²) >= 11 is 0. The molecule has 1 fully saturated rings. The second-order valence-corrected chi connectivity index (χ2v) is 8.97. The minimum Gasteiger partial charge on any atom is -0.354 e. The third-order valence-corrected chi connectivity index (χ3v) is 6.79. The largest absolute Gasteiger partial charge is 0.354 e. The van der Waals surface area contributed by atoms with E-state index >= 15 is 0 Å². The second-order valence-electron chi connectivity index (χ2n) is 7.00. The number of nitrogens with zero attached hydrogens (tertiary/aromatic N) is 6. The molecule has 11 heteroatoms. The van der Waals surface area contributed by atoms with E-state index in [0.717, 1.165) is 24.0 Å². The van der Waals surface area contributed by atoms with Gasteiger partial charge in [0.1, 0.15) is 35.4 Å². The summed E-state index contributed by atoms with van der Waals surface area (Å²) in [5.41, 5.74) is 0.0890. The number of sulfonamides is 1. The molecule has 3 aromatic rings. The maximum atomic E-state index is 13.4. The molecule has 0 saturated carbocycles. The normalized spacial score (nSPS) is 15.5. The molecule has 0 atom stereocenters. The molecule has 8 nitrogen and oxygen atoms in total. The van der Waals surface area contributed by atoms with Crippen molar-refractivity contribution in [2.24, 2.45) is 0 Å². The Labute approximate surface area is 172 Å². The summed E-state index contributed by atoms with van der Waals surface area (Å²) in [5, 5.41) is 0. The number of anilines is 1. The third kappa shape index (κ3) is 4.31. The molecule has 0 N–H and O–H groups in total. The molecule has 1 aliphatic rings. The lowest BCUT2D eigenvalue weighted by Crippen LogP contribution is -2.49. The van der Waals surface area contributed by atoms with Crippen LogP contribution in [0.2, 0.25) is 0 Å². The number of benzene rings is 1. The van der Waals surface area contributed by atoms with Gasteiger partial charge in [-0.25, -0.2) is 32.2 Å². The molecule has 3 heterocycles. The summed E-state index contributed by atoms with van der Waals surface area (Å²) in [5.74, 6) is 0.134. The van der Waals surface area contributed by atoms with Crippen molar-refractivity contribution < 1.29 is 17.2 Å². The zero-order chi connectivity index (χ0) is 21.3. The quantitative estimate of drug-likeness (QED) is 0.610. The van der Waals surface area contributed by atoms with E-state index in [9.17, 15) is 17.2 Å². The fraction of sp³-hybridized carbons (Fsp3) is 0.316. The van der Waals surface area contributed by atoms with Gasteiger partial charge in [-0.15, -0.1) is 0 Å². The molecular formula is C19H20F2N6O2S. The van der Waals surface area contributed by atoms with Crippen molar-refractivity contribution >= 4 is 15.8 Å². The molecule has 1 aromatic carbocycles. The topological polar surface area (TPSA) is 84.2 Å². The van der Waals surface area contributed by atoms with E-state index in [1.54, 1.807) is 12.4 Å². The second kappa shape index (κ2) is 8.07. The van der Waals surface area contributed by atoms with Crippen molar-refractivity contribution in [3.63, 3.8) is 0 Å². The number of aryl methyl sites for hydroxylation is 1. The molecule has 1 saturated heterocycles. The number of hydrogen-bond acceptors (Lipinski definition) is 6. The van der Waals surface area contributed by atoms with E-state index in [2.05, 4.69) is 15.0 Å². The highest BCUT2D eigenvalue weighted by Gasteiger charge is 2.28. The van der Waals surface area contributed by atoms with Crippen LogP contribution in [0.3, 0.4) is 0 Å². The highest BCUT2D eigenvalue weighted by molar-refractivity contribution is 7.88. The summed E-state index contributed by atoms with van der Waals surface area (Å²) in [7, 11) is -3.70. The van der Waals surface area contributed by atoms with E-state index < -0.39 is 27.4 Å². The predicted octanol–water partition coefficient (Wildman–Crippen LogP) is 1.90. The fourth-order valence-electron chi connectivity index (χ4n) is 3.45. The summed E-state index contributed by atoms with van der Waals surface area (Å²) in [6, 6.07) is 4.62. The molecule has 30 heavy (non-hydrogen) atoms. The first-order chi connectivity index (χ1) is 14.3. The van der Waals surface area contributed by atoms with Gasteiger partial charge in [-0.2, -0.15) is 4.31 Å². The lowest BCUT2D eigenvalue weighted by atomic mass is 10.2. The number of hydrogen-bond donors (Lipinski definition) is 0. The van der Waals surface area contributed by atoms with Crippen LogP contribution >= 0.6 is 0 Å². The van der Waals surface area contributed by atoms with Crippen LogP contribution in [-0.2, 0) is 15.8 Å². The minimum absolute atomic E-state index is 0.0890. The number of imidazole rings is 1. The first kappa shape index (κ1) is 20.4. The van der Waals surface area contributed by atoms with Gasteiger partial charge in [-0.1, -0.05) is 0 Å². The van der Waals surface area contributed by atoms with E-state index in [1.165, 1.54) is 10.6 Å². The van der Waals surface area contributed by atoms with Crippen molar-refractivity contribution in [1.82, 2.24) is 23.8 Å². The monoisotopic (exact) mass is 434 g/mol. The van der Waals surface area contributed by atoms with Crippen LogP contribution in [0, 0.1) is 18.6 Å². The van der Waals surface area contributed by atoms with Gasteiger partial charge in [0.05, 0.1) is 5.75 Å². The summed E-state index contributed by atoms with van der Waals surface area (Å²) in [6.45, 7) is 3.26. The van der Waals surface area contributed by atoms with Gasteiger partial charge >= 0.3 is 0 Å². The van der Waals surface area contributed by atoms with Crippen LogP contribution in [0.25, 0.3) is 5.82 Å². The van der Waals surface area contributed by atoms with E-state index in [-0.39, 0.29) is 18.7 Å².